The van der Waals surface area contributed by atoms with Crippen molar-refractivity contribution >= 4 is 17.6 Å². The van der Waals surface area contributed by atoms with Gasteiger partial charge in [0.15, 0.2) is 0 Å². The number of fused-ring (bicyclic) bond motifs is 1. The number of anilines is 1. The van der Waals surface area contributed by atoms with Crippen LogP contribution in [0.2, 0.25) is 0 Å². The molecule has 25 heavy (non-hydrogen) atoms. The summed E-state index contributed by atoms with van der Waals surface area (Å²) in [5.41, 5.74) is 2.83. The lowest BCUT2D eigenvalue weighted by Gasteiger charge is -2.39. The number of carbonyl (C=O) groups excluding carboxylic acids is 2. The number of ketones is 1. The highest BCUT2D eigenvalue weighted by Crippen LogP contribution is 2.50. The van der Waals surface area contributed by atoms with Gasteiger partial charge in [-0.25, -0.2) is 4.79 Å². The van der Waals surface area contributed by atoms with Crippen molar-refractivity contribution in [3.63, 3.8) is 0 Å². The Morgan fingerprint density at radius 2 is 1.92 bits per heavy atom. The molecule has 1 saturated carbocycles. The molecule has 1 heterocycles. The average Bonchev–Trinajstić information content (AvgIpc) is 3.25. The molecule has 0 bridgehead atoms. The number of ether oxygens (including phenoxy) is 1. The van der Waals surface area contributed by atoms with E-state index in [0.29, 0.717) is 12.5 Å². The number of nitrogens with zero attached hydrogens (tertiary/aromatic N) is 1. The van der Waals surface area contributed by atoms with Gasteiger partial charge in [0.05, 0.1) is 5.69 Å². The van der Waals surface area contributed by atoms with E-state index in [1.807, 2.05) is 26.8 Å². The van der Waals surface area contributed by atoms with E-state index in [-0.39, 0.29) is 23.2 Å². The maximum atomic E-state index is 12.6. The fourth-order valence-corrected chi connectivity index (χ4v) is 3.73. The molecule has 4 heteroatoms. The van der Waals surface area contributed by atoms with E-state index in [9.17, 15) is 9.59 Å². The van der Waals surface area contributed by atoms with Crippen molar-refractivity contribution in [2.75, 3.05) is 11.4 Å². The maximum Gasteiger partial charge on any atom is 0.414 e. The van der Waals surface area contributed by atoms with E-state index in [0.717, 1.165) is 18.5 Å². The molecular formula is C21H29NO3. The van der Waals surface area contributed by atoms with Crippen molar-refractivity contribution in [2.45, 2.75) is 71.3 Å². The lowest BCUT2D eigenvalue weighted by atomic mass is 9.77. The summed E-state index contributed by atoms with van der Waals surface area (Å²) in [4.78, 5) is 26.0. The molecule has 1 aromatic carbocycles. The molecule has 4 nitrogen and oxygen atoms in total. The fourth-order valence-electron chi connectivity index (χ4n) is 3.73. The van der Waals surface area contributed by atoms with Crippen LogP contribution in [0.1, 0.15) is 71.4 Å². The number of Topliss-reactive ketones (excluding diaryl/α,β-unsaturated/α-hetero) is 1. The second kappa shape index (κ2) is 5.86. The number of rotatable bonds is 2. The molecule has 0 saturated heterocycles. The first kappa shape index (κ1) is 18.0. The third-order valence-corrected chi connectivity index (χ3v) is 5.36. The van der Waals surface area contributed by atoms with Gasteiger partial charge >= 0.3 is 6.09 Å². The van der Waals surface area contributed by atoms with Crippen LogP contribution in [0.25, 0.3) is 0 Å². The van der Waals surface area contributed by atoms with Gasteiger partial charge in [-0.3, -0.25) is 9.69 Å². The van der Waals surface area contributed by atoms with Crippen LogP contribution in [0.15, 0.2) is 18.2 Å². The van der Waals surface area contributed by atoms with Crippen LogP contribution in [0.5, 0.6) is 0 Å². The fraction of sp³-hybridized carbons (Fsp3) is 0.619. The Kier molecular flexibility index (Phi) is 4.21. The van der Waals surface area contributed by atoms with Crippen LogP contribution in [-0.2, 0) is 14.9 Å². The third-order valence-electron chi connectivity index (χ3n) is 5.36. The summed E-state index contributed by atoms with van der Waals surface area (Å²) in [6.07, 6.45) is 1.55. The van der Waals surface area contributed by atoms with Gasteiger partial charge in [0.1, 0.15) is 11.4 Å². The molecule has 1 amide bonds. The van der Waals surface area contributed by atoms with Crippen molar-refractivity contribution in [3.8, 4) is 0 Å². The highest BCUT2D eigenvalue weighted by atomic mass is 16.6. The zero-order valence-electron chi connectivity index (χ0n) is 16.2. The minimum Gasteiger partial charge on any atom is -0.443 e. The Labute approximate surface area is 150 Å². The third kappa shape index (κ3) is 3.58. The molecule has 0 unspecified atom stereocenters. The van der Waals surface area contributed by atoms with Gasteiger partial charge in [0, 0.05) is 12.5 Å². The molecule has 2 atom stereocenters. The van der Waals surface area contributed by atoms with Gasteiger partial charge in [-0.2, -0.15) is 0 Å². The second-order valence-electron chi connectivity index (χ2n) is 9.10. The monoisotopic (exact) mass is 343 g/mol. The van der Waals surface area contributed by atoms with Gasteiger partial charge in [0.25, 0.3) is 0 Å². The zero-order chi connectivity index (χ0) is 18.6. The molecule has 0 aromatic heterocycles. The predicted octanol–water partition coefficient (Wildman–Crippen LogP) is 4.80. The highest BCUT2D eigenvalue weighted by molar-refractivity contribution is 5.90. The Hall–Kier alpha value is -1.84. The van der Waals surface area contributed by atoms with Crippen molar-refractivity contribution in [2.24, 2.45) is 5.92 Å². The summed E-state index contributed by atoms with van der Waals surface area (Å²) >= 11 is 0. The maximum absolute atomic E-state index is 12.6. The Morgan fingerprint density at radius 1 is 1.24 bits per heavy atom. The highest BCUT2D eigenvalue weighted by Gasteiger charge is 2.43. The van der Waals surface area contributed by atoms with Crippen LogP contribution in [0, 0.1) is 5.92 Å². The van der Waals surface area contributed by atoms with E-state index in [1.54, 1.807) is 11.8 Å². The summed E-state index contributed by atoms with van der Waals surface area (Å²) in [5, 5.41) is 0. The molecular weight excluding hydrogens is 314 g/mol. The van der Waals surface area contributed by atoms with E-state index >= 15 is 0 Å². The standard InChI is InChI=1S/C21H29NO3/c1-13(23)15-12-16(15)14-7-8-18-17(11-14)21(5,6)9-10-22(18)19(24)25-20(2,3)4/h7-8,11,15-16H,9-10,12H2,1-6H3/t15-,16-/m1/s1. The van der Waals surface area contributed by atoms with Gasteiger partial charge < -0.3 is 4.74 Å². The molecule has 1 aliphatic heterocycles. The lowest BCUT2D eigenvalue weighted by molar-refractivity contribution is -0.118. The molecule has 3 rings (SSSR count). The van der Waals surface area contributed by atoms with Gasteiger partial charge in [-0.15, -0.1) is 0 Å². The molecule has 0 spiro atoms. The van der Waals surface area contributed by atoms with Crippen LogP contribution in [-0.4, -0.2) is 24.0 Å². The first-order valence-electron chi connectivity index (χ1n) is 9.15. The van der Waals surface area contributed by atoms with Gasteiger partial charge in [0.2, 0.25) is 0 Å². The normalized spacial score (nSPS) is 24.5. The first-order chi connectivity index (χ1) is 11.5. The van der Waals surface area contributed by atoms with E-state index < -0.39 is 5.60 Å². The van der Waals surface area contributed by atoms with Crippen molar-refractivity contribution in [1.29, 1.82) is 0 Å². The summed E-state index contributed by atoms with van der Waals surface area (Å²) in [6.45, 7) is 12.4. The Bertz CT molecular complexity index is 714. The Balaban J connectivity index is 1.92. The number of amides is 1. The summed E-state index contributed by atoms with van der Waals surface area (Å²) < 4.78 is 5.58. The molecule has 2 aliphatic rings. The number of hydrogen-bond donors (Lipinski definition) is 0. The lowest BCUT2D eigenvalue weighted by Crippen LogP contribution is -2.43. The Morgan fingerprint density at radius 3 is 2.48 bits per heavy atom. The van der Waals surface area contributed by atoms with Crippen LogP contribution in [0.3, 0.4) is 0 Å². The average molecular weight is 343 g/mol. The topological polar surface area (TPSA) is 46.6 Å². The van der Waals surface area contributed by atoms with Crippen LogP contribution >= 0.6 is 0 Å². The molecule has 1 aromatic rings. The molecule has 0 N–H and O–H groups in total. The molecule has 0 radical (unpaired) electrons. The summed E-state index contributed by atoms with van der Waals surface area (Å²) in [6, 6.07) is 6.32. The number of hydrogen-bond acceptors (Lipinski definition) is 3. The number of benzene rings is 1. The van der Waals surface area contributed by atoms with Gasteiger partial charge in [-0.1, -0.05) is 26.0 Å². The second-order valence-corrected chi connectivity index (χ2v) is 9.10. The summed E-state index contributed by atoms with van der Waals surface area (Å²) in [5.74, 6) is 0.791. The molecule has 1 fully saturated rings. The first-order valence-corrected chi connectivity index (χ1v) is 9.15. The quantitative estimate of drug-likeness (QED) is 0.775. The summed E-state index contributed by atoms with van der Waals surface area (Å²) in [7, 11) is 0. The van der Waals surface area contributed by atoms with Crippen molar-refractivity contribution in [3.05, 3.63) is 29.3 Å². The van der Waals surface area contributed by atoms with Crippen LogP contribution < -0.4 is 4.90 Å². The SMILES string of the molecule is CC(=O)[C@H]1C[C@@H]1c1ccc2c(c1)C(C)(C)CCN2C(=O)OC(C)(C)C. The predicted molar refractivity (Wildman–Crippen MR) is 99.2 cm³/mol. The van der Waals surface area contributed by atoms with E-state index in [1.165, 1.54) is 11.1 Å². The minimum atomic E-state index is -0.507. The van der Waals surface area contributed by atoms with Gasteiger partial charge in [-0.05, 0) is 69.1 Å². The molecule has 136 valence electrons. The largest absolute Gasteiger partial charge is 0.443 e. The minimum absolute atomic E-state index is 0.00443. The van der Waals surface area contributed by atoms with E-state index in [4.69, 9.17) is 4.74 Å². The smallest absolute Gasteiger partial charge is 0.414 e. The number of carbonyl (C=O) groups is 2. The van der Waals surface area contributed by atoms with E-state index in [2.05, 4.69) is 26.0 Å². The molecule has 1 aliphatic carbocycles. The van der Waals surface area contributed by atoms with Crippen molar-refractivity contribution in [1.82, 2.24) is 0 Å². The van der Waals surface area contributed by atoms with Crippen LogP contribution in [0.4, 0.5) is 10.5 Å². The van der Waals surface area contributed by atoms with Crippen molar-refractivity contribution < 1.29 is 14.3 Å². The zero-order valence-corrected chi connectivity index (χ0v) is 16.2.